The highest BCUT2D eigenvalue weighted by molar-refractivity contribution is 6.34. The highest BCUT2D eigenvalue weighted by Gasteiger charge is 2.12. The van der Waals surface area contributed by atoms with E-state index < -0.39 is 5.56 Å². The molecule has 0 saturated heterocycles. The van der Waals surface area contributed by atoms with Crippen molar-refractivity contribution < 1.29 is 28.6 Å². The Morgan fingerprint density at radius 1 is 0.471 bits per heavy atom. The fraction of sp³-hybridized carbons (Fsp3) is 0.0508. The summed E-state index contributed by atoms with van der Waals surface area (Å²) in [5.74, 6) is 2.56. The second kappa shape index (κ2) is 35.4. The summed E-state index contributed by atoms with van der Waals surface area (Å²) in [5, 5.41) is 4.78. The number of carbonyl (C=O) groups excluding carboxylic acids is 3. The molecule has 12 N–H and O–H groups in total. The molecule has 0 spiro atoms. The van der Waals surface area contributed by atoms with E-state index in [4.69, 9.17) is 101 Å². The average Bonchev–Trinajstić information content (AvgIpc) is 3.57. The minimum Gasteiger partial charge on any atom is -0.487 e. The minimum absolute atomic E-state index is 0. The quantitative estimate of drug-likeness (QED) is 0.0204. The van der Waals surface area contributed by atoms with Crippen molar-refractivity contribution in [1.29, 1.82) is 0 Å². The highest BCUT2D eigenvalue weighted by Crippen LogP contribution is 2.32. The summed E-state index contributed by atoms with van der Waals surface area (Å²) >= 11 is 30.0. The number of carbonyl (C=O) groups is 3. The Labute approximate surface area is 528 Å². The number of benzene rings is 6. The fourth-order valence-corrected chi connectivity index (χ4v) is 7.75. The molecule has 28 heteroatoms. The Balaban J connectivity index is 0.000000208. The zero-order chi connectivity index (χ0) is 61.8. The molecule has 87 heavy (non-hydrogen) atoms. The lowest BCUT2D eigenvalue weighted by molar-refractivity contribution is 0.111. The number of aromatic nitrogens is 8. The van der Waals surface area contributed by atoms with Crippen LogP contribution in [0.2, 0.25) is 25.4 Å². The normalized spacial score (nSPS) is 10.1. The number of H-pyrrole nitrogens is 1. The van der Waals surface area contributed by atoms with Crippen molar-refractivity contribution in [3.8, 4) is 17.2 Å². The van der Waals surface area contributed by atoms with E-state index in [1.807, 2.05) is 91.0 Å². The first kappa shape index (κ1) is 67.8. The van der Waals surface area contributed by atoms with Gasteiger partial charge in [-0.15, -0.1) is 12.4 Å². The number of aliphatic imine (C=N–C) groups is 1. The van der Waals surface area contributed by atoms with Crippen LogP contribution >= 0.6 is 70.4 Å². The van der Waals surface area contributed by atoms with Crippen LogP contribution < -0.4 is 53.8 Å². The Kier molecular flexibility index (Phi) is 27.6. The van der Waals surface area contributed by atoms with Crippen molar-refractivity contribution in [3.63, 3.8) is 0 Å². The van der Waals surface area contributed by atoms with Crippen LogP contribution in [0.15, 0.2) is 181 Å². The Morgan fingerprint density at radius 2 is 0.897 bits per heavy atom. The molecule has 10 aromatic rings. The first-order valence-electron chi connectivity index (χ1n) is 24.8. The molecule has 0 saturated carbocycles. The van der Waals surface area contributed by atoms with E-state index in [9.17, 15) is 19.2 Å². The van der Waals surface area contributed by atoms with Crippen LogP contribution in [-0.4, -0.2) is 64.9 Å². The number of hydrogen-bond donors (Lipinski definition) is 7. The molecule has 0 aliphatic rings. The van der Waals surface area contributed by atoms with Crippen molar-refractivity contribution >= 4 is 142 Å². The number of ether oxygens (including phenoxy) is 3. The lowest BCUT2D eigenvalue weighted by atomic mass is 10.2. The third-order valence-electron chi connectivity index (χ3n) is 11.0. The van der Waals surface area contributed by atoms with Crippen molar-refractivity contribution in [2.24, 2.45) is 4.99 Å². The van der Waals surface area contributed by atoms with Gasteiger partial charge < -0.3 is 53.2 Å². The molecule has 4 aromatic heterocycles. The molecule has 0 bridgehead atoms. The van der Waals surface area contributed by atoms with Crippen molar-refractivity contribution in [1.82, 2.24) is 39.9 Å². The summed E-state index contributed by atoms with van der Waals surface area (Å²) in [5.41, 5.74) is 32.8. The third kappa shape index (κ3) is 21.6. The maximum absolute atomic E-state index is 11.1. The Hall–Kier alpha value is -9.94. The van der Waals surface area contributed by atoms with Gasteiger partial charge in [0.2, 0.25) is 0 Å². The van der Waals surface area contributed by atoms with Gasteiger partial charge in [0.15, 0.2) is 18.9 Å². The third-order valence-corrected chi connectivity index (χ3v) is 12.5. The SMILES string of the molecule is Cl.Nc1ccc(OCc2ccccc2)c(Cl)c1.Nc1nc[nH]c(=O)c1C=O.Nc1ncnc(Cl)c1C=Nc1ccc(OCc2ccccc2)c(Cl)c1.Nc1ncnc(Cl)c1C=O.Nc1ncnc(Nc2ccc(OCc3ccccc3)c(Cl)c2)c1C=O. The van der Waals surface area contributed by atoms with Gasteiger partial charge >= 0.3 is 0 Å². The zero-order valence-corrected chi connectivity index (χ0v) is 49.8. The monoisotopic (exact) mass is 1290 g/mol. The summed E-state index contributed by atoms with van der Waals surface area (Å²) in [6.45, 7) is 1.37. The molecular formula is C59H51Cl6N15O7. The molecule has 0 radical (unpaired) electrons. The molecule has 0 unspecified atom stereocenters. The molecule has 0 amide bonds. The van der Waals surface area contributed by atoms with Gasteiger partial charge in [-0.1, -0.05) is 149 Å². The Morgan fingerprint density at radius 3 is 1.32 bits per heavy atom. The summed E-state index contributed by atoms with van der Waals surface area (Å²) in [4.78, 5) is 74.8. The van der Waals surface area contributed by atoms with E-state index in [1.54, 1.807) is 54.6 Å². The van der Waals surface area contributed by atoms with Crippen molar-refractivity contribution in [2.45, 2.75) is 19.8 Å². The molecule has 0 fully saturated rings. The van der Waals surface area contributed by atoms with E-state index >= 15 is 0 Å². The second-order valence-corrected chi connectivity index (χ2v) is 18.9. The zero-order valence-electron chi connectivity index (χ0n) is 45.2. The number of nitrogens with zero attached hydrogens (tertiary/aromatic N) is 8. The number of rotatable bonds is 16. The lowest BCUT2D eigenvalue weighted by Gasteiger charge is -2.12. The smallest absolute Gasteiger partial charge is 0.263 e. The van der Waals surface area contributed by atoms with E-state index in [2.05, 4.69) is 50.2 Å². The maximum atomic E-state index is 11.1. The largest absolute Gasteiger partial charge is 0.487 e. The lowest BCUT2D eigenvalue weighted by Crippen LogP contribution is -2.15. The molecule has 6 aromatic carbocycles. The first-order chi connectivity index (χ1) is 41.6. The van der Waals surface area contributed by atoms with Crippen LogP contribution in [0.3, 0.4) is 0 Å². The van der Waals surface area contributed by atoms with Crippen LogP contribution in [0.1, 0.15) is 53.3 Å². The average molecular weight is 1290 g/mol. The predicted molar refractivity (Wildman–Crippen MR) is 344 cm³/mol. The molecule has 10 rings (SSSR count). The van der Waals surface area contributed by atoms with Gasteiger partial charge in [0.05, 0.1) is 43.8 Å². The number of aldehydes is 3. The van der Waals surface area contributed by atoms with E-state index in [-0.39, 0.29) is 62.7 Å². The van der Waals surface area contributed by atoms with Crippen LogP contribution in [0, 0.1) is 0 Å². The second-order valence-electron chi connectivity index (χ2n) is 17.0. The van der Waals surface area contributed by atoms with Crippen LogP contribution in [0.25, 0.3) is 0 Å². The molecule has 22 nitrogen and oxygen atoms in total. The molecule has 0 atom stereocenters. The minimum atomic E-state index is -0.512. The number of hydrogen-bond acceptors (Lipinski definition) is 21. The van der Waals surface area contributed by atoms with Gasteiger partial charge in [0.25, 0.3) is 5.56 Å². The number of nitrogen functional groups attached to an aromatic ring is 5. The predicted octanol–water partition coefficient (Wildman–Crippen LogP) is 12.2. The summed E-state index contributed by atoms with van der Waals surface area (Å²) in [6, 6.07) is 45.3. The molecule has 0 aliphatic heterocycles. The van der Waals surface area contributed by atoms with E-state index in [0.29, 0.717) is 99.4 Å². The number of halogens is 6. The number of nitrogens with one attached hydrogen (secondary N) is 2. The maximum Gasteiger partial charge on any atom is 0.263 e. The first-order valence-corrected chi connectivity index (χ1v) is 26.7. The van der Waals surface area contributed by atoms with Crippen molar-refractivity contribution in [2.75, 3.05) is 34.0 Å². The standard InChI is InChI=1S/C18H14Cl2N4O.C18H15ClN4O2.C13H12ClNO.C5H4ClN3O.C5H5N3O2.ClH/c19-15-8-13(22-9-14-17(20)23-11-24-18(14)21)6-7-16(15)25-10-12-4-2-1-3-5-12;19-15-8-13(23-18-14(9-24)17(20)21-11-22-18)6-7-16(15)25-10-12-4-2-1-3-5-12;14-12-8-11(15)6-7-13(12)16-9-10-4-2-1-3-5-10;6-4-3(1-10)5(7)9-2-8-4;6-4-3(1-9)5(10)8-2-7-4;/h1-9,11H,10H2,(H2,21,23,24);1-9,11H,10H2,(H3,20,21,22,23);1-8H,9,15H2;1-2H,(H2,7,8,9);1-2H,(H3,6,7,8,10);1H. The van der Waals surface area contributed by atoms with E-state index in [0.717, 1.165) is 23.0 Å². The summed E-state index contributed by atoms with van der Waals surface area (Å²) < 4.78 is 17.1. The fourth-order valence-electron chi connectivity index (χ4n) is 6.66. The number of nitrogens with two attached hydrogens (primary N) is 5. The van der Waals surface area contributed by atoms with Gasteiger partial charge in [-0.3, -0.25) is 24.2 Å². The number of anilines is 7. The van der Waals surface area contributed by atoms with Gasteiger partial charge in [0, 0.05) is 17.6 Å². The molecule has 446 valence electrons. The topological polar surface area (TPSA) is 356 Å². The van der Waals surface area contributed by atoms with Gasteiger partial charge in [-0.2, -0.15) is 0 Å². The van der Waals surface area contributed by atoms with Crippen LogP contribution in [0.5, 0.6) is 17.2 Å². The van der Waals surface area contributed by atoms with Crippen molar-refractivity contribution in [3.05, 3.63) is 246 Å². The van der Waals surface area contributed by atoms with Gasteiger partial charge in [-0.25, -0.2) is 34.9 Å². The molecular weight excluding hydrogens is 1240 g/mol. The highest BCUT2D eigenvalue weighted by atomic mass is 35.5. The molecule has 0 aliphatic carbocycles. The Bertz CT molecular complexity index is 3920. The van der Waals surface area contributed by atoms with Crippen LogP contribution in [0.4, 0.5) is 46.2 Å². The summed E-state index contributed by atoms with van der Waals surface area (Å²) in [7, 11) is 0. The van der Waals surface area contributed by atoms with Gasteiger partial charge in [0.1, 0.15) is 101 Å². The van der Waals surface area contributed by atoms with Crippen LogP contribution in [-0.2, 0) is 19.8 Å². The molecule has 4 heterocycles. The van der Waals surface area contributed by atoms with Gasteiger partial charge in [-0.05, 0) is 71.3 Å². The summed E-state index contributed by atoms with van der Waals surface area (Å²) in [6.07, 6.45) is 7.94. The van der Waals surface area contributed by atoms with E-state index in [1.165, 1.54) is 25.2 Å². The number of aromatic amines is 1.